The topological polar surface area (TPSA) is 49.7 Å². The van der Waals surface area contributed by atoms with Gasteiger partial charge in [0, 0.05) is 5.56 Å². The van der Waals surface area contributed by atoms with E-state index in [4.69, 9.17) is 4.74 Å². The van der Waals surface area contributed by atoms with Gasteiger partial charge in [-0.15, -0.1) is 0 Å². The van der Waals surface area contributed by atoms with Crippen LogP contribution in [-0.2, 0) is 6.42 Å². The van der Waals surface area contributed by atoms with E-state index in [0.717, 1.165) is 45.7 Å². The van der Waals surface area contributed by atoms with Crippen molar-refractivity contribution in [1.29, 1.82) is 0 Å². The fourth-order valence-corrected chi connectivity index (χ4v) is 3.32. The van der Waals surface area contributed by atoms with Crippen molar-refractivity contribution in [2.45, 2.75) is 67.1 Å². The maximum absolute atomic E-state index is 10.3. The van der Waals surface area contributed by atoms with Crippen LogP contribution in [0, 0.1) is 26.7 Å². The normalized spacial score (nSPS) is 11.6. The molecule has 0 spiro atoms. The Hall–Kier alpha value is -2.78. The van der Waals surface area contributed by atoms with Crippen molar-refractivity contribution in [1.82, 2.24) is 0 Å². The molecule has 3 aromatic carbocycles. The lowest BCUT2D eigenvalue weighted by Crippen LogP contribution is -2.07. The molecule has 0 aliphatic carbocycles. The summed E-state index contributed by atoms with van der Waals surface area (Å²) in [6.45, 7) is 12.6. The number of aliphatic hydroxyl groups is 1. The van der Waals surface area contributed by atoms with Crippen LogP contribution in [0.25, 0.3) is 0 Å². The molecule has 0 saturated heterocycles. The van der Waals surface area contributed by atoms with E-state index in [-0.39, 0.29) is 0 Å². The van der Waals surface area contributed by atoms with E-state index in [1.54, 1.807) is 6.07 Å². The number of ether oxygens (including phenoxy) is 1. The summed E-state index contributed by atoms with van der Waals surface area (Å²) in [6.07, 6.45) is 2.45. The zero-order valence-corrected chi connectivity index (χ0v) is 20.4. The monoisotopic (exact) mass is 434 g/mol. The zero-order chi connectivity index (χ0) is 23.7. The molecule has 172 valence electrons. The summed E-state index contributed by atoms with van der Waals surface area (Å²) in [4.78, 5) is 0. The first-order valence-electron chi connectivity index (χ1n) is 11.5. The largest absolute Gasteiger partial charge is 0.508 e. The predicted molar refractivity (Wildman–Crippen MR) is 133 cm³/mol. The molecule has 3 aromatic rings. The van der Waals surface area contributed by atoms with Crippen molar-refractivity contribution in [3.63, 3.8) is 0 Å². The summed E-state index contributed by atoms with van der Waals surface area (Å²) >= 11 is 0. The van der Waals surface area contributed by atoms with E-state index in [9.17, 15) is 10.2 Å². The maximum atomic E-state index is 10.3. The summed E-state index contributed by atoms with van der Waals surface area (Å²) in [6, 6.07) is 19.3. The van der Waals surface area contributed by atoms with Crippen LogP contribution in [0.2, 0.25) is 0 Å². The van der Waals surface area contributed by atoms with Gasteiger partial charge in [-0.1, -0.05) is 81.6 Å². The lowest BCUT2D eigenvalue weighted by atomic mass is 10.0. The minimum Gasteiger partial charge on any atom is -0.508 e. The van der Waals surface area contributed by atoms with E-state index < -0.39 is 6.29 Å². The molecule has 0 aliphatic rings. The molecule has 3 rings (SSSR count). The van der Waals surface area contributed by atoms with Crippen LogP contribution >= 0.6 is 0 Å². The minimum absolute atomic E-state index is 0.318. The molecule has 1 unspecified atom stereocenters. The van der Waals surface area contributed by atoms with Gasteiger partial charge in [-0.05, 0) is 73.6 Å². The Kier molecular flexibility index (Phi) is 9.80. The average molecular weight is 435 g/mol. The van der Waals surface area contributed by atoms with Gasteiger partial charge >= 0.3 is 0 Å². The molecule has 1 atom stereocenters. The first-order chi connectivity index (χ1) is 15.2. The molecule has 0 aromatic heterocycles. The van der Waals surface area contributed by atoms with Gasteiger partial charge in [-0.2, -0.15) is 0 Å². The molecule has 3 heteroatoms. The van der Waals surface area contributed by atoms with Crippen LogP contribution in [-0.4, -0.2) is 10.2 Å². The summed E-state index contributed by atoms with van der Waals surface area (Å²) in [7, 11) is 0. The highest BCUT2D eigenvalue weighted by Crippen LogP contribution is 2.26. The highest BCUT2D eigenvalue weighted by molar-refractivity contribution is 5.41. The van der Waals surface area contributed by atoms with Crippen molar-refractivity contribution < 1.29 is 14.9 Å². The molecule has 0 bridgehead atoms. The number of aliphatic hydroxyl groups excluding tert-OH is 1. The Morgan fingerprint density at radius 1 is 0.812 bits per heavy atom. The van der Waals surface area contributed by atoms with Crippen LogP contribution in [0.15, 0.2) is 60.7 Å². The van der Waals surface area contributed by atoms with E-state index in [1.165, 1.54) is 12.8 Å². The molecule has 0 saturated carbocycles. The van der Waals surface area contributed by atoms with Crippen molar-refractivity contribution in [3.8, 4) is 11.5 Å². The predicted octanol–water partition coefficient (Wildman–Crippen LogP) is 7.42. The van der Waals surface area contributed by atoms with Gasteiger partial charge in [0.05, 0.1) is 0 Å². The Morgan fingerprint density at radius 2 is 1.44 bits per heavy atom. The Labute approximate surface area is 193 Å². The number of phenolic OH excluding ortho intramolecular Hbond substituents is 1. The molecular formula is C29H38O3. The summed E-state index contributed by atoms with van der Waals surface area (Å²) in [5.74, 6) is 1.92. The fraction of sp³-hybridized carbons (Fsp3) is 0.379. The number of phenols is 1. The number of benzene rings is 3. The summed E-state index contributed by atoms with van der Waals surface area (Å²) < 4.78 is 5.75. The molecule has 3 nitrogen and oxygen atoms in total. The third-order valence-corrected chi connectivity index (χ3v) is 5.87. The van der Waals surface area contributed by atoms with E-state index >= 15 is 0 Å². The standard InChI is InChI=1S/C23H24O3.C6H14/c1-15-5-4-6-20(11-15)23(25)26-22-10-8-19(13-17(22)3)14-18-7-9-21(24)16(2)12-18;1-4-6(3)5-2/h4-13,23-25H,14H2,1-3H3;6H,4-5H2,1-3H3. The highest BCUT2D eigenvalue weighted by Gasteiger charge is 2.11. The molecule has 2 N–H and O–H groups in total. The fourth-order valence-electron chi connectivity index (χ4n) is 3.32. The van der Waals surface area contributed by atoms with Crippen LogP contribution in [0.3, 0.4) is 0 Å². The Morgan fingerprint density at radius 3 is 1.97 bits per heavy atom. The summed E-state index contributed by atoms with van der Waals surface area (Å²) in [5.41, 5.74) is 5.98. The van der Waals surface area contributed by atoms with Crippen molar-refractivity contribution >= 4 is 0 Å². The number of rotatable bonds is 7. The van der Waals surface area contributed by atoms with Crippen LogP contribution in [0.1, 0.15) is 73.3 Å². The summed E-state index contributed by atoms with van der Waals surface area (Å²) in [5, 5.41) is 20.0. The van der Waals surface area contributed by atoms with Gasteiger partial charge in [0.15, 0.2) is 0 Å². The Bertz CT molecular complexity index is 989. The molecule has 0 radical (unpaired) electrons. The van der Waals surface area contributed by atoms with Crippen molar-refractivity contribution in [2.75, 3.05) is 0 Å². The van der Waals surface area contributed by atoms with E-state index in [0.29, 0.717) is 11.5 Å². The maximum Gasteiger partial charge on any atom is 0.224 e. The first-order valence-corrected chi connectivity index (χ1v) is 11.5. The molecule has 0 aliphatic heterocycles. The third kappa shape index (κ3) is 7.72. The SMILES string of the molecule is CCC(C)CC.Cc1cccc(C(O)Oc2ccc(Cc3ccc(O)c(C)c3)cc2C)c1. The molecule has 0 heterocycles. The third-order valence-electron chi connectivity index (χ3n) is 5.87. The second kappa shape index (κ2) is 12.3. The van der Waals surface area contributed by atoms with Crippen LogP contribution in [0.4, 0.5) is 0 Å². The average Bonchev–Trinajstić information content (AvgIpc) is 2.78. The molecule has 0 fully saturated rings. The van der Waals surface area contributed by atoms with Crippen LogP contribution < -0.4 is 4.74 Å². The molecule has 32 heavy (non-hydrogen) atoms. The van der Waals surface area contributed by atoms with Gasteiger partial charge < -0.3 is 14.9 Å². The zero-order valence-electron chi connectivity index (χ0n) is 20.4. The van der Waals surface area contributed by atoms with E-state index in [2.05, 4.69) is 26.8 Å². The Balaban J connectivity index is 0.000000534. The lowest BCUT2D eigenvalue weighted by Gasteiger charge is -2.17. The van der Waals surface area contributed by atoms with Gasteiger partial charge in [-0.3, -0.25) is 0 Å². The van der Waals surface area contributed by atoms with Crippen molar-refractivity contribution in [2.24, 2.45) is 5.92 Å². The first kappa shape index (κ1) is 25.5. The second-order valence-corrected chi connectivity index (χ2v) is 8.70. The van der Waals surface area contributed by atoms with Gasteiger partial charge in [0.2, 0.25) is 6.29 Å². The van der Waals surface area contributed by atoms with Crippen molar-refractivity contribution in [3.05, 3.63) is 94.0 Å². The van der Waals surface area contributed by atoms with Gasteiger partial charge in [0.25, 0.3) is 0 Å². The van der Waals surface area contributed by atoms with Crippen LogP contribution in [0.5, 0.6) is 11.5 Å². The van der Waals surface area contributed by atoms with Gasteiger partial charge in [-0.25, -0.2) is 0 Å². The molecule has 0 amide bonds. The number of hydrogen-bond donors (Lipinski definition) is 2. The van der Waals surface area contributed by atoms with E-state index in [1.807, 2.05) is 69.3 Å². The number of aromatic hydroxyl groups is 1. The number of aryl methyl sites for hydroxylation is 3. The lowest BCUT2D eigenvalue weighted by molar-refractivity contribution is -0.0199. The highest BCUT2D eigenvalue weighted by atomic mass is 16.6. The minimum atomic E-state index is -0.987. The molecular weight excluding hydrogens is 396 g/mol. The second-order valence-electron chi connectivity index (χ2n) is 8.70. The van der Waals surface area contributed by atoms with Gasteiger partial charge in [0.1, 0.15) is 11.5 Å². The number of hydrogen-bond acceptors (Lipinski definition) is 3. The smallest absolute Gasteiger partial charge is 0.224 e. The quantitative estimate of drug-likeness (QED) is 0.380.